The van der Waals surface area contributed by atoms with Crippen LogP contribution in [0.3, 0.4) is 0 Å². The molecule has 1 saturated heterocycles. The highest BCUT2D eigenvalue weighted by Gasteiger charge is 2.66. The number of ketones is 1. The van der Waals surface area contributed by atoms with Gasteiger partial charge in [-0.05, 0) is 90.0 Å². The SMILES string of the molecule is C[C@]12CC=C3C=C4CCC(=O)C[C@]45CC[C@]3(O5)[C@@H]1CC[C@@H]2c1ccc2ccncc2c1. The van der Waals surface area contributed by atoms with E-state index >= 15 is 0 Å². The first-order valence-electron chi connectivity index (χ1n) is 12.0. The van der Waals surface area contributed by atoms with Gasteiger partial charge in [0.2, 0.25) is 0 Å². The average molecular weight is 412 g/mol. The highest BCUT2D eigenvalue weighted by Crippen LogP contribution is 2.69. The van der Waals surface area contributed by atoms with Gasteiger partial charge in [0.05, 0.1) is 11.2 Å². The summed E-state index contributed by atoms with van der Waals surface area (Å²) in [7, 11) is 0. The van der Waals surface area contributed by atoms with Gasteiger partial charge in [0.15, 0.2) is 0 Å². The van der Waals surface area contributed by atoms with Crippen LogP contribution in [0.2, 0.25) is 0 Å². The summed E-state index contributed by atoms with van der Waals surface area (Å²) < 4.78 is 7.12. The predicted octanol–water partition coefficient (Wildman–Crippen LogP) is 6.05. The highest BCUT2D eigenvalue weighted by atomic mass is 16.5. The molecule has 1 aromatic carbocycles. The number of carbonyl (C=O) groups is 1. The van der Waals surface area contributed by atoms with Crippen LogP contribution in [-0.2, 0) is 9.53 Å². The van der Waals surface area contributed by atoms with Crippen molar-refractivity contribution in [3.8, 4) is 0 Å². The number of ether oxygens (including phenoxy) is 1. The summed E-state index contributed by atoms with van der Waals surface area (Å²) in [4.78, 5) is 16.7. The maximum Gasteiger partial charge on any atom is 0.136 e. The topological polar surface area (TPSA) is 39.2 Å². The Morgan fingerprint density at radius 2 is 2.03 bits per heavy atom. The number of benzene rings is 1. The van der Waals surface area contributed by atoms with Crippen LogP contribution in [0.4, 0.5) is 0 Å². The third-order valence-corrected chi connectivity index (χ3v) is 9.57. The molecule has 3 nitrogen and oxygen atoms in total. The lowest BCUT2D eigenvalue weighted by molar-refractivity contribution is -0.146. The van der Waals surface area contributed by atoms with E-state index in [-0.39, 0.29) is 16.6 Å². The van der Waals surface area contributed by atoms with Crippen LogP contribution < -0.4 is 0 Å². The Bertz CT molecular complexity index is 1190. The van der Waals surface area contributed by atoms with Crippen molar-refractivity contribution >= 4 is 16.6 Å². The normalized spacial score (nSPS) is 40.7. The first-order valence-corrected chi connectivity index (χ1v) is 12.0. The lowest BCUT2D eigenvalue weighted by Crippen LogP contribution is -2.53. The number of aromatic nitrogens is 1. The molecule has 2 aromatic rings. The summed E-state index contributed by atoms with van der Waals surface area (Å²) in [6.45, 7) is 2.50. The summed E-state index contributed by atoms with van der Waals surface area (Å²) >= 11 is 0. The predicted molar refractivity (Wildman–Crippen MR) is 121 cm³/mol. The molecule has 3 heterocycles. The lowest BCUT2D eigenvalue weighted by Gasteiger charge is -2.53. The first-order chi connectivity index (χ1) is 15.0. The Balaban J connectivity index is 1.31. The molecule has 3 fully saturated rings. The fraction of sp³-hybridized carbons (Fsp3) is 0.500. The average Bonchev–Trinajstić information content (AvgIpc) is 3.28. The second kappa shape index (κ2) is 5.95. The fourth-order valence-corrected chi connectivity index (χ4v) is 8.09. The van der Waals surface area contributed by atoms with Gasteiger partial charge in [-0.25, -0.2) is 0 Å². The van der Waals surface area contributed by atoms with Gasteiger partial charge in [-0.1, -0.05) is 31.2 Å². The van der Waals surface area contributed by atoms with Crippen LogP contribution in [0.25, 0.3) is 10.8 Å². The molecule has 0 unspecified atom stereocenters. The van der Waals surface area contributed by atoms with E-state index in [1.54, 1.807) is 0 Å². The Morgan fingerprint density at radius 3 is 2.97 bits per heavy atom. The van der Waals surface area contributed by atoms with E-state index in [0.717, 1.165) is 25.7 Å². The minimum atomic E-state index is -0.294. The number of pyridine rings is 1. The number of hydrogen-bond acceptors (Lipinski definition) is 3. The Hall–Kier alpha value is -2.26. The zero-order valence-corrected chi connectivity index (χ0v) is 18.2. The minimum absolute atomic E-state index is 0.179. The molecule has 2 bridgehead atoms. The molecule has 0 amide bonds. The largest absolute Gasteiger partial charge is 0.359 e. The molecule has 3 aliphatic carbocycles. The van der Waals surface area contributed by atoms with E-state index in [0.29, 0.717) is 30.5 Å². The molecule has 7 rings (SSSR count). The van der Waals surface area contributed by atoms with E-state index in [1.807, 2.05) is 12.4 Å². The van der Waals surface area contributed by atoms with Gasteiger partial charge in [-0.2, -0.15) is 0 Å². The fourth-order valence-electron chi connectivity index (χ4n) is 8.09. The third-order valence-electron chi connectivity index (χ3n) is 9.57. The van der Waals surface area contributed by atoms with Crippen LogP contribution >= 0.6 is 0 Å². The van der Waals surface area contributed by atoms with Gasteiger partial charge in [-0.15, -0.1) is 0 Å². The van der Waals surface area contributed by atoms with Crippen molar-refractivity contribution in [1.29, 1.82) is 0 Å². The van der Waals surface area contributed by atoms with E-state index in [9.17, 15) is 4.79 Å². The van der Waals surface area contributed by atoms with Crippen LogP contribution in [0.15, 0.2) is 60.0 Å². The Labute approximate surface area is 183 Å². The summed E-state index contributed by atoms with van der Waals surface area (Å²) in [5.74, 6) is 1.44. The number of fused-ring (bicyclic) bond motifs is 2. The van der Waals surface area contributed by atoms with Crippen molar-refractivity contribution in [1.82, 2.24) is 4.98 Å². The summed E-state index contributed by atoms with van der Waals surface area (Å²) in [6.07, 6.45) is 16.6. The molecule has 0 N–H and O–H groups in total. The monoisotopic (exact) mass is 411 g/mol. The van der Waals surface area contributed by atoms with Crippen molar-refractivity contribution in [2.24, 2.45) is 11.3 Å². The molecule has 0 radical (unpaired) electrons. The van der Waals surface area contributed by atoms with E-state index in [1.165, 1.54) is 40.3 Å². The smallest absolute Gasteiger partial charge is 0.136 e. The van der Waals surface area contributed by atoms with Crippen LogP contribution in [-0.4, -0.2) is 22.0 Å². The van der Waals surface area contributed by atoms with Crippen molar-refractivity contribution in [2.45, 2.75) is 75.4 Å². The Morgan fingerprint density at radius 1 is 1.10 bits per heavy atom. The number of carbonyl (C=O) groups excluding carboxylic acids is 1. The maximum absolute atomic E-state index is 12.4. The summed E-state index contributed by atoms with van der Waals surface area (Å²) in [6, 6.07) is 9.06. The zero-order chi connectivity index (χ0) is 20.8. The quantitative estimate of drug-likeness (QED) is 0.574. The molecule has 31 heavy (non-hydrogen) atoms. The van der Waals surface area contributed by atoms with Gasteiger partial charge in [-0.3, -0.25) is 9.78 Å². The van der Waals surface area contributed by atoms with Crippen LogP contribution in [0, 0.1) is 11.3 Å². The summed E-state index contributed by atoms with van der Waals surface area (Å²) in [5, 5.41) is 2.50. The van der Waals surface area contributed by atoms with Crippen molar-refractivity contribution in [2.75, 3.05) is 0 Å². The molecular formula is C28H29NO2. The van der Waals surface area contributed by atoms with Gasteiger partial charge >= 0.3 is 0 Å². The van der Waals surface area contributed by atoms with Crippen molar-refractivity contribution < 1.29 is 9.53 Å². The maximum atomic E-state index is 12.4. The second-order valence-electron chi connectivity index (χ2n) is 10.9. The van der Waals surface area contributed by atoms with E-state index < -0.39 is 0 Å². The van der Waals surface area contributed by atoms with Crippen molar-refractivity contribution in [3.05, 3.63) is 65.5 Å². The lowest BCUT2D eigenvalue weighted by atomic mass is 9.58. The summed E-state index contributed by atoms with van der Waals surface area (Å²) in [5.41, 5.74) is 3.99. The molecule has 5 atom stereocenters. The minimum Gasteiger partial charge on any atom is -0.359 e. The second-order valence-corrected chi connectivity index (χ2v) is 10.9. The van der Waals surface area contributed by atoms with Gasteiger partial charge in [0.1, 0.15) is 5.78 Å². The molecule has 2 spiro atoms. The highest BCUT2D eigenvalue weighted by molar-refractivity contribution is 5.83. The van der Waals surface area contributed by atoms with Gasteiger partial charge in [0, 0.05) is 30.6 Å². The molecule has 3 heteroatoms. The Kier molecular flexibility index (Phi) is 3.52. The van der Waals surface area contributed by atoms with Crippen LogP contribution in [0.5, 0.6) is 0 Å². The molecule has 2 saturated carbocycles. The van der Waals surface area contributed by atoms with Gasteiger partial charge in [0.25, 0.3) is 0 Å². The van der Waals surface area contributed by atoms with Gasteiger partial charge < -0.3 is 4.74 Å². The number of Topliss-reactive ketones (excluding diaryl/α,β-unsaturated/α-hetero) is 1. The number of allylic oxidation sites excluding steroid dienone is 1. The molecule has 5 aliphatic rings. The third kappa shape index (κ3) is 2.28. The number of nitrogens with zero attached hydrogens (tertiary/aromatic N) is 1. The number of rotatable bonds is 1. The standard InChI is InChI=1S/C28H29NO2/c1-26-10-8-22-15-21-4-5-23(30)16-27(21)11-12-28(22,31-27)25(26)7-6-24(26)19-3-2-18-9-13-29-17-20(18)14-19/h2-3,8-9,13-15,17,24-25H,4-7,10-12,16H2,1H3/t24-,25-,26-,27-,28-/m1/s1. The van der Waals surface area contributed by atoms with Crippen molar-refractivity contribution in [3.63, 3.8) is 0 Å². The molecular weight excluding hydrogens is 382 g/mol. The zero-order valence-electron chi connectivity index (χ0n) is 18.2. The van der Waals surface area contributed by atoms with E-state index in [2.05, 4.69) is 48.3 Å². The first kappa shape index (κ1) is 18.3. The van der Waals surface area contributed by atoms with Crippen LogP contribution in [0.1, 0.15) is 69.8 Å². The van der Waals surface area contributed by atoms with E-state index in [4.69, 9.17) is 4.74 Å². The molecule has 158 valence electrons. The molecule has 2 aliphatic heterocycles. The number of hydrogen-bond donors (Lipinski definition) is 0. The molecule has 1 aromatic heterocycles.